The topological polar surface area (TPSA) is 102 Å². The second-order valence-electron chi connectivity index (χ2n) is 7.59. The van der Waals surface area contributed by atoms with Crippen molar-refractivity contribution < 1.29 is 19.2 Å². The number of rotatable bonds is 7. The third kappa shape index (κ3) is 4.45. The number of nitro groups is 1. The smallest absolute Gasteiger partial charge is 0.278 e. The van der Waals surface area contributed by atoms with Gasteiger partial charge in [0.2, 0.25) is 0 Å². The first-order valence-electron chi connectivity index (χ1n) is 10.2. The van der Waals surface area contributed by atoms with E-state index in [9.17, 15) is 19.7 Å². The molecule has 8 nitrogen and oxygen atoms in total. The summed E-state index contributed by atoms with van der Waals surface area (Å²) in [6.07, 6.45) is 0. The van der Waals surface area contributed by atoms with Gasteiger partial charge in [-0.3, -0.25) is 24.6 Å². The summed E-state index contributed by atoms with van der Waals surface area (Å²) in [4.78, 5) is 38.4. The van der Waals surface area contributed by atoms with E-state index in [0.29, 0.717) is 17.0 Å². The fourth-order valence-electron chi connectivity index (χ4n) is 3.57. The molecule has 166 valence electrons. The van der Waals surface area contributed by atoms with Gasteiger partial charge in [0.15, 0.2) is 0 Å². The van der Waals surface area contributed by atoms with Gasteiger partial charge in [-0.2, -0.15) is 0 Å². The highest BCUT2D eigenvalue weighted by molar-refractivity contribution is 6.36. The molecule has 1 aliphatic rings. The van der Waals surface area contributed by atoms with Gasteiger partial charge < -0.3 is 10.1 Å². The Balaban J connectivity index is 1.74. The lowest BCUT2D eigenvalue weighted by molar-refractivity contribution is -0.384. The Morgan fingerprint density at radius 1 is 0.970 bits per heavy atom. The first kappa shape index (κ1) is 21.8. The standard InChI is InChI=1S/C25H21N3O5/c1-16-6-8-17(9-7-16)15-27-24(29)22(18-10-12-20(13-11-18)28(31)32)23(25(27)30)26-19-4-3-5-21(14-19)33-2/h3-14,26H,15H2,1-2H3. The van der Waals surface area contributed by atoms with Crippen molar-refractivity contribution in [1.29, 1.82) is 0 Å². The number of carbonyl (C=O) groups excluding carboxylic acids is 2. The number of non-ortho nitro benzene ring substituents is 1. The third-order valence-electron chi connectivity index (χ3n) is 5.34. The summed E-state index contributed by atoms with van der Waals surface area (Å²) in [7, 11) is 1.54. The zero-order valence-electron chi connectivity index (χ0n) is 18.1. The second kappa shape index (κ2) is 8.96. The summed E-state index contributed by atoms with van der Waals surface area (Å²) in [5.41, 5.74) is 3.03. The Bertz CT molecular complexity index is 1260. The minimum absolute atomic E-state index is 0.102. The maximum atomic E-state index is 13.4. The lowest BCUT2D eigenvalue weighted by atomic mass is 10.0. The monoisotopic (exact) mass is 443 g/mol. The number of nitrogens with zero attached hydrogens (tertiary/aromatic N) is 2. The highest BCUT2D eigenvalue weighted by atomic mass is 16.6. The predicted octanol–water partition coefficient (Wildman–Crippen LogP) is 4.30. The van der Waals surface area contributed by atoms with Crippen LogP contribution < -0.4 is 10.1 Å². The molecular formula is C25H21N3O5. The van der Waals surface area contributed by atoms with E-state index in [-0.39, 0.29) is 23.5 Å². The molecule has 1 aliphatic heterocycles. The van der Waals surface area contributed by atoms with Crippen LogP contribution in [0.4, 0.5) is 11.4 Å². The number of benzene rings is 3. The Kier molecular flexibility index (Phi) is 5.91. The molecule has 0 aromatic heterocycles. The number of amides is 2. The molecule has 2 amide bonds. The second-order valence-corrected chi connectivity index (χ2v) is 7.59. The molecule has 0 radical (unpaired) electrons. The van der Waals surface area contributed by atoms with Crippen molar-refractivity contribution in [2.24, 2.45) is 0 Å². The fraction of sp³-hybridized carbons (Fsp3) is 0.120. The Hall–Kier alpha value is -4.46. The molecule has 1 N–H and O–H groups in total. The average molecular weight is 443 g/mol. The number of hydrogen-bond donors (Lipinski definition) is 1. The Labute approximate surface area is 190 Å². The van der Waals surface area contributed by atoms with Crippen LogP contribution in [0.25, 0.3) is 5.57 Å². The maximum absolute atomic E-state index is 13.4. The van der Waals surface area contributed by atoms with E-state index in [4.69, 9.17) is 4.74 Å². The molecule has 0 bridgehead atoms. The van der Waals surface area contributed by atoms with Crippen molar-refractivity contribution in [1.82, 2.24) is 4.90 Å². The van der Waals surface area contributed by atoms with Gasteiger partial charge in [0.05, 0.1) is 24.2 Å². The molecule has 3 aromatic rings. The van der Waals surface area contributed by atoms with Crippen LogP contribution in [0.15, 0.2) is 78.5 Å². The van der Waals surface area contributed by atoms with Gasteiger partial charge in [-0.05, 0) is 42.3 Å². The molecule has 0 unspecified atom stereocenters. The molecule has 0 atom stereocenters. The number of imide groups is 1. The molecule has 4 rings (SSSR count). The molecule has 0 saturated heterocycles. The molecule has 8 heteroatoms. The highest BCUT2D eigenvalue weighted by Gasteiger charge is 2.39. The third-order valence-corrected chi connectivity index (χ3v) is 5.34. The van der Waals surface area contributed by atoms with Crippen LogP contribution in [0.5, 0.6) is 5.75 Å². The largest absolute Gasteiger partial charge is 0.497 e. The van der Waals surface area contributed by atoms with E-state index in [1.54, 1.807) is 24.3 Å². The number of aryl methyl sites for hydroxylation is 1. The summed E-state index contributed by atoms with van der Waals surface area (Å²) < 4.78 is 5.24. The number of carbonyl (C=O) groups is 2. The van der Waals surface area contributed by atoms with Gasteiger partial charge in [-0.1, -0.05) is 35.9 Å². The number of nitro benzene ring substituents is 1. The van der Waals surface area contributed by atoms with Crippen LogP contribution in [0.3, 0.4) is 0 Å². The van der Waals surface area contributed by atoms with Gasteiger partial charge >= 0.3 is 0 Å². The van der Waals surface area contributed by atoms with Gasteiger partial charge in [-0.25, -0.2) is 0 Å². The summed E-state index contributed by atoms with van der Waals surface area (Å²) >= 11 is 0. The number of anilines is 1. The predicted molar refractivity (Wildman–Crippen MR) is 123 cm³/mol. The van der Waals surface area contributed by atoms with E-state index in [1.807, 2.05) is 31.2 Å². The molecule has 1 heterocycles. The normalized spacial score (nSPS) is 13.5. The van der Waals surface area contributed by atoms with Crippen LogP contribution in [0.1, 0.15) is 16.7 Å². The number of hydrogen-bond acceptors (Lipinski definition) is 6. The molecule has 3 aromatic carbocycles. The SMILES string of the molecule is COc1cccc(NC2=C(c3ccc([N+](=O)[O-])cc3)C(=O)N(Cc3ccc(C)cc3)C2=O)c1. The number of methoxy groups -OCH3 is 1. The van der Waals surface area contributed by atoms with Crippen molar-refractivity contribution in [3.8, 4) is 5.75 Å². The van der Waals surface area contributed by atoms with Crippen molar-refractivity contribution in [2.75, 3.05) is 12.4 Å². The molecule has 0 fully saturated rings. The maximum Gasteiger partial charge on any atom is 0.278 e. The first-order chi connectivity index (χ1) is 15.9. The Morgan fingerprint density at radius 2 is 1.67 bits per heavy atom. The van der Waals surface area contributed by atoms with Crippen molar-refractivity contribution in [3.63, 3.8) is 0 Å². The number of nitrogens with one attached hydrogen (secondary N) is 1. The zero-order valence-corrected chi connectivity index (χ0v) is 18.1. The van der Waals surface area contributed by atoms with Gasteiger partial charge in [0.1, 0.15) is 11.4 Å². The van der Waals surface area contributed by atoms with E-state index in [0.717, 1.165) is 11.1 Å². The summed E-state index contributed by atoms with van der Waals surface area (Å²) in [5, 5.41) is 14.1. The van der Waals surface area contributed by atoms with E-state index in [2.05, 4.69) is 5.32 Å². The lowest BCUT2D eigenvalue weighted by Gasteiger charge is -2.15. The van der Waals surface area contributed by atoms with E-state index >= 15 is 0 Å². The zero-order chi connectivity index (χ0) is 23.5. The molecule has 0 aliphatic carbocycles. The van der Waals surface area contributed by atoms with Gasteiger partial charge in [-0.15, -0.1) is 0 Å². The van der Waals surface area contributed by atoms with Crippen LogP contribution in [0.2, 0.25) is 0 Å². The Morgan fingerprint density at radius 3 is 2.30 bits per heavy atom. The van der Waals surface area contributed by atoms with Crippen molar-refractivity contribution in [2.45, 2.75) is 13.5 Å². The quantitative estimate of drug-likeness (QED) is 0.332. The summed E-state index contributed by atoms with van der Waals surface area (Å²) in [6.45, 7) is 2.07. The average Bonchev–Trinajstić information content (AvgIpc) is 3.04. The van der Waals surface area contributed by atoms with Crippen LogP contribution >= 0.6 is 0 Å². The fourth-order valence-corrected chi connectivity index (χ4v) is 3.57. The number of ether oxygens (including phenoxy) is 1. The summed E-state index contributed by atoms with van der Waals surface area (Å²) in [6, 6.07) is 20.1. The minimum Gasteiger partial charge on any atom is -0.497 e. The summed E-state index contributed by atoms with van der Waals surface area (Å²) in [5.74, 6) is -0.359. The van der Waals surface area contributed by atoms with E-state index < -0.39 is 16.7 Å². The lowest BCUT2D eigenvalue weighted by Crippen LogP contribution is -2.32. The van der Waals surface area contributed by atoms with Gasteiger partial charge in [0, 0.05) is 23.9 Å². The van der Waals surface area contributed by atoms with Crippen molar-refractivity contribution in [3.05, 3.63) is 105 Å². The minimum atomic E-state index is -0.515. The van der Waals surface area contributed by atoms with E-state index in [1.165, 1.54) is 36.3 Å². The molecule has 33 heavy (non-hydrogen) atoms. The van der Waals surface area contributed by atoms with Gasteiger partial charge in [0.25, 0.3) is 17.5 Å². The van der Waals surface area contributed by atoms with Crippen molar-refractivity contribution >= 4 is 28.8 Å². The van der Waals surface area contributed by atoms with Crippen LogP contribution in [0, 0.1) is 17.0 Å². The molecule has 0 spiro atoms. The van der Waals surface area contributed by atoms with Crippen LogP contribution in [-0.2, 0) is 16.1 Å². The molecule has 0 saturated carbocycles. The molecular weight excluding hydrogens is 422 g/mol. The first-order valence-corrected chi connectivity index (χ1v) is 10.2. The van der Waals surface area contributed by atoms with Crippen LogP contribution in [-0.4, -0.2) is 28.7 Å². The highest BCUT2D eigenvalue weighted by Crippen LogP contribution is 2.33.